The predicted molar refractivity (Wildman–Crippen MR) is 79.1 cm³/mol. The summed E-state index contributed by atoms with van der Waals surface area (Å²) in [6, 6.07) is 6.35. The van der Waals surface area contributed by atoms with Crippen molar-refractivity contribution >= 4 is 24.2 Å². The van der Waals surface area contributed by atoms with Gasteiger partial charge >= 0.3 is 5.51 Å². The molecule has 0 unspecified atom stereocenters. The fourth-order valence-corrected chi connectivity index (χ4v) is 3.44. The summed E-state index contributed by atoms with van der Waals surface area (Å²) in [7, 11) is 0. The van der Waals surface area contributed by atoms with Crippen molar-refractivity contribution in [3.8, 4) is 0 Å². The van der Waals surface area contributed by atoms with Gasteiger partial charge in [0.15, 0.2) is 0 Å². The molecule has 1 fully saturated rings. The molecule has 1 atom stereocenters. The van der Waals surface area contributed by atoms with Crippen LogP contribution in [0.2, 0.25) is 0 Å². The van der Waals surface area contributed by atoms with E-state index in [1.807, 2.05) is 0 Å². The van der Waals surface area contributed by atoms with Gasteiger partial charge in [0, 0.05) is 10.9 Å². The average Bonchev–Trinajstić information content (AvgIpc) is 2.38. The maximum absolute atomic E-state index is 12.5. The summed E-state index contributed by atoms with van der Waals surface area (Å²) in [5, 5.41) is 0. The summed E-state index contributed by atoms with van der Waals surface area (Å²) in [5.41, 5.74) is 2.58. The summed E-state index contributed by atoms with van der Waals surface area (Å²) in [6.45, 7) is 0. The molecular weight excluding hydrogens is 307 g/mol. The summed E-state index contributed by atoms with van der Waals surface area (Å²) < 4.78 is 37.6. The third-order valence-corrected chi connectivity index (χ3v) is 4.48. The van der Waals surface area contributed by atoms with Crippen molar-refractivity contribution in [2.24, 2.45) is 11.7 Å². The standard InChI is InChI=1S/C14H18F3NS.ClH/c15-14(16,17)19-12-9-5-4-8-11(12)13(18)10-6-2-1-3-7-10;/h4-5,8-10,13H,1-3,6-7,18H2;1H/t13-;/m0./s1. The van der Waals surface area contributed by atoms with E-state index in [1.165, 1.54) is 12.5 Å². The van der Waals surface area contributed by atoms with Gasteiger partial charge in [-0.15, -0.1) is 12.4 Å². The number of rotatable bonds is 3. The van der Waals surface area contributed by atoms with Crippen LogP contribution in [0.1, 0.15) is 43.7 Å². The van der Waals surface area contributed by atoms with Gasteiger partial charge in [-0.1, -0.05) is 37.5 Å². The third-order valence-electron chi connectivity index (χ3n) is 3.66. The van der Waals surface area contributed by atoms with Crippen molar-refractivity contribution < 1.29 is 13.2 Å². The Hall–Kier alpha value is -0.390. The summed E-state index contributed by atoms with van der Waals surface area (Å²) in [4.78, 5) is 0.244. The minimum absolute atomic E-state index is 0. The largest absolute Gasteiger partial charge is 0.446 e. The lowest BCUT2D eigenvalue weighted by molar-refractivity contribution is -0.0328. The lowest BCUT2D eigenvalue weighted by Crippen LogP contribution is -2.24. The van der Waals surface area contributed by atoms with Gasteiger partial charge in [-0.25, -0.2) is 0 Å². The van der Waals surface area contributed by atoms with E-state index in [9.17, 15) is 13.2 Å². The van der Waals surface area contributed by atoms with Crippen LogP contribution in [0.15, 0.2) is 29.2 Å². The molecule has 0 aliphatic heterocycles. The summed E-state index contributed by atoms with van der Waals surface area (Å²) >= 11 is -0.0603. The average molecular weight is 326 g/mol. The molecule has 0 spiro atoms. The zero-order valence-electron chi connectivity index (χ0n) is 11.0. The first-order chi connectivity index (χ1) is 8.97. The number of thioether (sulfide) groups is 1. The summed E-state index contributed by atoms with van der Waals surface area (Å²) in [5.74, 6) is 0.309. The maximum atomic E-state index is 12.5. The quantitative estimate of drug-likeness (QED) is 0.763. The molecule has 0 aromatic heterocycles. The van der Waals surface area contributed by atoms with Crippen LogP contribution in [0.25, 0.3) is 0 Å². The van der Waals surface area contributed by atoms with E-state index in [0.29, 0.717) is 11.5 Å². The molecule has 6 heteroatoms. The van der Waals surface area contributed by atoms with Crippen LogP contribution < -0.4 is 5.73 Å². The molecule has 1 saturated carbocycles. The first-order valence-electron chi connectivity index (χ1n) is 6.57. The lowest BCUT2D eigenvalue weighted by Gasteiger charge is -2.29. The van der Waals surface area contributed by atoms with Gasteiger partial charge in [-0.05, 0) is 42.2 Å². The zero-order chi connectivity index (χ0) is 13.9. The van der Waals surface area contributed by atoms with E-state index in [-0.39, 0.29) is 35.1 Å². The number of hydrogen-bond donors (Lipinski definition) is 1. The van der Waals surface area contributed by atoms with Crippen molar-refractivity contribution in [2.45, 2.75) is 48.5 Å². The van der Waals surface area contributed by atoms with Gasteiger partial charge in [0.05, 0.1) is 0 Å². The van der Waals surface area contributed by atoms with E-state index < -0.39 is 5.51 Å². The van der Waals surface area contributed by atoms with Gasteiger partial charge in [0.2, 0.25) is 0 Å². The molecule has 2 N–H and O–H groups in total. The van der Waals surface area contributed by atoms with Gasteiger partial charge in [0.1, 0.15) is 0 Å². The van der Waals surface area contributed by atoms with E-state index in [0.717, 1.165) is 25.7 Å². The van der Waals surface area contributed by atoms with E-state index >= 15 is 0 Å². The second-order valence-electron chi connectivity index (χ2n) is 5.01. The Morgan fingerprint density at radius 1 is 1.10 bits per heavy atom. The summed E-state index contributed by atoms with van der Waals surface area (Å²) in [6.07, 6.45) is 5.51. The predicted octanol–water partition coefficient (Wildman–Crippen LogP) is 5.30. The van der Waals surface area contributed by atoms with E-state index in [1.54, 1.807) is 18.2 Å². The van der Waals surface area contributed by atoms with Crippen molar-refractivity contribution in [1.82, 2.24) is 0 Å². The molecule has 0 saturated heterocycles. The fourth-order valence-electron chi connectivity index (χ4n) is 2.72. The Kier molecular flexibility index (Phi) is 6.69. The van der Waals surface area contributed by atoms with Crippen LogP contribution in [0.5, 0.6) is 0 Å². The number of alkyl halides is 3. The highest BCUT2D eigenvalue weighted by atomic mass is 35.5. The highest BCUT2D eigenvalue weighted by molar-refractivity contribution is 8.00. The SMILES string of the molecule is Cl.N[C@H](c1ccccc1SC(F)(F)F)C1CCCCC1. The highest BCUT2D eigenvalue weighted by Crippen LogP contribution is 2.42. The number of hydrogen-bond acceptors (Lipinski definition) is 2. The minimum Gasteiger partial charge on any atom is -0.324 e. The van der Waals surface area contributed by atoms with Crippen LogP contribution in [-0.4, -0.2) is 5.51 Å². The molecule has 20 heavy (non-hydrogen) atoms. The molecule has 1 aromatic rings. The molecule has 0 amide bonds. The number of nitrogens with two attached hydrogens (primary N) is 1. The Balaban J connectivity index is 0.00000200. The molecular formula is C14H19ClF3NS. The first-order valence-corrected chi connectivity index (χ1v) is 7.39. The first kappa shape index (κ1) is 17.7. The molecule has 0 bridgehead atoms. The van der Waals surface area contributed by atoms with Gasteiger partial charge in [-0.2, -0.15) is 13.2 Å². The minimum atomic E-state index is -4.26. The number of halogens is 4. The van der Waals surface area contributed by atoms with Crippen LogP contribution in [0.3, 0.4) is 0 Å². The Bertz CT molecular complexity index is 419. The van der Waals surface area contributed by atoms with Crippen LogP contribution in [0.4, 0.5) is 13.2 Å². The zero-order valence-corrected chi connectivity index (χ0v) is 12.7. The molecule has 1 nitrogen and oxygen atoms in total. The second-order valence-corrected chi connectivity index (χ2v) is 6.12. The Morgan fingerprint density at radius 2 is 1.70 bits per heavy atom. The molecule has 1 aliphatic rings. The molecule has 2 rings (SSSR count). The molecule has 0 heterocycles. The maximum Gasteiger partial charge on any atom is 0.446 e. The molecule has 114 valence electrons. The van der Waals surface area contributed by atoms with Crippen molar-refractivity contribution in [2.75, 3.05) is 0 Å². The van der Waals surface area contributed by atoms with E-state index in [4.69, 9.17) is 5.73 Å². The van der Waals surface area contributed by atoms with Crippen molar-refractivity contribution in [3.63, 3.8) is 0 Å². The second kappa shape index (κ2) is 7.57. The van der Waals surface area contributed by atoms with E-state index in [2.05, 4.69) is 0 Å². The van der Waals surface area contributed by atoms with Crippen molar-refractivity contribution in [1.29, 1.82) is 0 Å². The van der Waals surface area contributed by atoms with Crippen LogP contribution in [-0.2, 0) is 0 Å². The van der Waals surface area contributed by atoms with Crippen LogP contribution in [0, 0.1) is 5.92 Å². The number of benzene rings is 1. The Labute approximate surface area is 127 Å². The third kappa shape index (κ3) is 4.86. The molecule has 0 radical (unpaired) electrons. The lowest BCUT2D eigenvalue weighted by atomic mass is 9.81. The fraction of sp³-hybridized carbons (Fsp3) is 0.571. The topological polar surface area (TPSA) is 26.0 Å². The normalized spacial score (nSPS) is 18.4. The smallest absolute Gasteiger partial charge is 0.324 e. The molecule has 1 aliphatic carbocycles. The van der Waals surface area contributed by atoms with Gasteiger partial charge in [-0.3, -0.25) is 0 Å². The highest BCUT2D eigenvalue weighted by Gasteiger charge is 2.32. The van der Waals surface area contributed by atoms with Gasteiger partial charge < -0.3 is 5.73 Å². The van der Waals surface area contributed by atoms with Gasteiger partial charge in [0.25, 0.3) is 0 Å². The monoisotopic (exact) mass is 325 g/mol. The Morgan fingerprint density at radius 3 is 2.30 bits per heavy atom. The van der Waals surface area contributed by atoms with Crippen molar-refractivity contribution in [3.05, 3.63) is 29.8 Å². The van der Waals surface area contributed by atoms with Crippen LogP contribution >= 0.6 is 24.2 Å². The molecule has 1 aromatic carbocycles.